The second kappa shape index (κ2) is 5.46. The molecular weight excluding hydrogens is 252 g/mol. The van der Waals surface area contributed by atoms with Crippen molar-refractivity contribution in [1.82, 2.24) is 14.9 Å². The van der Waals surface area contributed by atoms with E-state index in [1.807, 2.05) is 42.1 Å². The fourth-order valence-corrected chi connectivity index (χ4v) is 2.52. The molecule has 5 heteroatoms. The summed E-state index contributed by atoms with van der Waals surface area (Å²) < 4.78 is 1.96. The molecule has 20 heavy (non-hydrogen) atoms. The molecule has 1 aromatic heterocycles. The average Bonchev–Trinajstić information content (AvgIpc) is 3.10. The molecule has 1 aromatic carbocycles. The first-order valence-electron chi connectivity index (χ1n) is 6.86. The molecule has 1 aliphatic heterocycles. The second-order valence-corrected chi connectivity index (χ2v) is 5.08. The Labute approximate surface area is 118 Å². The molecule has 1 atom stereocenters. The maximum Gasteiger partial charge on any atom is 0.241 e. The first-order valence-corrected chi connectivity index (χ1v) is 6.86. The van der Waals surface area contributed by atoms with Gasteiger partial charge in [0.25, 0.3) is 0 Å². The standard InChI is InChI=1S/C15H18N4O/c1-19-9-8-17-14(19)11-4-2-5-12(10-11)18-15(20)13-6-3-7-16-13/h2,4-5,8-10,13,16H,3,6-7H2,1H3,(H,18,20). The summed E-state index contributed by atoms with van der Waals surface area (Å²) in [5, 5.41) is 6.17. The summed E-state index contributed by atoms with van der Waals surface area (Å²) in [5.74, 6) is 0.930. The van der Waals surface area contributed by atoms with E-state index >= 15 is 0 Å². The van der Waals surface area contributed by atoms with Crippen LogP contribution in [-0.4, -0.2) is 28.0 Å². The van der Waals surface area contributed by atoms with Gasteiger partial charge in [0, 0.05) is 30.7 Å². The number of anilines is 1. The number of carbonyl (C=O) groups excluding carboxylic acids is 1. The number of rotatable bonds is 3. The molecule has 1 amide bonds. The monoisotopic (exact) mass is 270 g/mol. The molecule has 1 fully saturated rings. The third kappa shape index (κ3) is 2.58. The number of nitrogens with one attached hydrogen (secondary N) is 2. The molecule has 3 rings (SSSR count). The number of carbonyl (C=O) groups is 1. The van der Waals surface area contributed by atoms with E-state index < -0.39 is 0 Å². The molecule has 2 N–H and O–H groups in total. The van der Waals surface area contributed by atoms with Crippen molar-refractivity contribution >= 4 is 11.6 Å². The van der Waals surface area contributed by atoms with Crippen molar-refractivity contribution in [2.75, 3.05) is 11.9 Å². The van der Waals surface area contributed by atoms with E-state index in [4.69, 9.17) is 0 Å². The summed E-state index contributed by atoms with van der Waals surface area (Å²) >= 11 is 0. The van der Waals surface area contributed by atoms with Crippen LogP contribution in [0.5, 0.6) is 0 Å². The third-order valence-electron chi connectivity index (χ3n) is 3.59. The zero-order valence-corrected chi connectivity index (χ0v) is 11.5. The molecule has 2 aromatic rings. The highest BCUT2D eigenvalue weighted by atomic mass is 16.2. The van der Waals surface area contributed by atoms with Gasteiger partial charge in [-0.15, -0.1) is 0 Å². The van der Waals surface area contributed by atoms with Crippen molar-refractivity contribution in [3.05, 3.63) is 36.7 Å². The summed E-state index contributed by atoms with van der Waals surface area (Å²) in [5.41, 5.74) is 1.80. The Kier molecular flexibility index (Phi) is 3.52. The lowest BCUT2D eigenvalue weighted by atomic mass is 10.1. The van der Waals surface area contributed by atoms with E-state index in [1.165, 1.54) is 0 Å². The maximum absolute atomic E-state index is 12.1. The molecular formula is C15H18N4O. The highest BCUT2D eigenvalue weighted by Crippen LogP contribution is 2.21. The highest BCUT2D eigenvalue weighted by molar-refractivity contribution is 5.95. The molecule has 5 nitrogen and oxygen atoms in total. The largest absolute Gasteiger partial charge is 0.334 e. The van der Waals surface area contributed by atoms with Crippen molar-refractivity contribution in [3.63, 3.8) is 0 Å². The Hall–Kier alpha value is -2.14. The molecule has 2 heterocycles. The predicted molar refractivity (Wildman–Crippen MR) is 78.3 cm³/mol. The minimum atomic E-state index is -0.0631. The number of benzene rings is 1. The molecule has 0 radical (unpaired) electrons. The summed E-state index contributed by atoms with van der Waals surface area (Å²) in [6.45, 7) is 0.922. The van der Waals surface area contributed by atoms with Gasteiger partial charge in [0.2, 0.25) is 5.91 Å². The smallest absolute Gasteiger partial charge is 0.241 e. The van der Waals surface area contributed by atoms with E-state index in [2.05, 4.69) is 15.6 Å². The highest BCUT2D eigenvalue weighted by Gasteiger charge is 2.21. The molecule has 0 bridgehead atoms. The van der Waals surface area contributed by atoms with Gasteiger partial charge >= 0.3 is 0 Å². The number of amides is 1. The lowest BCUT2D eigenvalue weighted by Gasteiger charge is -2.12. The Morgan fingerprint density at radius 1 is 1.50 bits per heavy atom. The fourth-order valence-electron chi connectivity index (χ4n) is 2.52. The predicted octanol–water partition coefficient (Wildman–Crippen LogP) is 1.78. The molecule has 0 saturated carbocycles. The zero-order valence-electron chi connectivity index (χ0n) is 11.5. The van der Waals surface area contributed by atoms with Gasteiger partial charge in [0.1, 0.15) is 5.82 Å². The molecule has 104 valence electrons. The Morgan fingerprint density at radius 2 is 2.40 bits per heavy atom. The first kappa shape index (κ1) is 12.9. The minimum Gasteiger partial charge on any atom is -0.334 e. The van der Waals surface area contributed by atoms with Crippen molar-refractivity contribution in [2.45, 2.75) is 18.9 Å². The number of aryl methyl sites for hydroxylation is 1. The lowest BCUT2D eigenvalue weighted by molar-refractivity contribution is -0.117. The number of hydrogen-bond acceptors (Lipinski definition) is 3. The molecule has 1 saturated heterocycles. The number of nitrogens with zero attached hydrogens (tertiary/aromatic N) is 2. The van der Waals surface area contributed by atoms with Crippen molar-refractivity contribution in [3.8, 4) is 11.4 Å². The van der Waals surface area contributed by atoms with E-state index in [9.17, 15) is 4.79 Å². The quantitative estimate of drug-likeness (QED) is 0.893. The molecule has 1 aliphatic rings. The van der Waals surface area contributed by atoms with Gasteiger partial charge in [-0.3, -0.25) is 4.79 Å². The normalized spacial score (nSPS) is 18.1. The summed E-state index contributed by atoms with van der Waals surface area (Å²) in [7, 11) is 1.95. The van der Waals surface area contributed by atoms with Gasteiger partial charge in [-0.05, 0) is 31.5 Å². The average molecular weight is 270 g/mol. The van der Waals surface area contributed by atoms with Crippen LogP contribution in [0.25, 0.3) is 11.4 Å². The minimum absolute atomic E-state index is 0.0412. The topological polar surface area (TPSA) is 59.0 Å². The molecule has 1 unspecified atom stereocenters. The fraction of sp³-hybridized carbons (Fsp3) is 0.333. The molecule has 0 spiro atoms. The van der Waals surface area contributed by atoms with Crippen LogP contribution in [-0.2, 0) is 11.8 Å². The number of hydrogen-bond donors (Lipinski definition) is 2. The van der Waals surface area contributed by atoms with Crippen LogP contribution in [0.1, 0.15) is 12.8 Å². The van der Waals surface area contributed by atoms with E-state index in [-0.39, 0.29) is 11.9 Å². The van der Waals surface area contributed by atoms with Crippen molar-refractivity contribution < 1.29 is 4.79 Å². The Morgan fingerprint density at radius 3 is 3.10 bits per heavy atom. The van der Waals surface area contributed by atoms with Crippen LogP contribution in [0.2, 0.25) is 0 Å². The van der Waals surface area contributed by atoms with Crippen LogP contribution in [0, 0.1) is 0 Å². The first-order chi connectivity index (χ1) is 9.74. The summed E-state index contributed by atoms with van der Waals surface area (Å²) in [6.07, 6.45) is 5.64. The van der Waals surface area contributed by atoms with Gasteiger partial charge in [-0.2, -0.15) is 0 Å². The van der Waals surface area contributed by atoms with Crippen LogP contribution >= 0.6 is 0 Å². The summed E-state index contributed by atoms with van der Waals surface area (Å²) in [4.78, 5) is 16.4. The van der Waals surface area contributed by atoms with Gasteiger partial charge in [-0.1, -0.05) is 12.1 Å². The van der Waals surface area contributed by atoms with Crippen molar-refractivity contribution in [1.29, 1.82) is 0 Å². The number of aromatic nitrogens is 2. The third-order valence-corrected chi connectivity index (χ3v) is 3.59. The number of imidazole rings is 1. The van der Waals surface area contributed by atoms with Crippen LogP contribution < -0.4 is 10.6 Å². The summed E-state index contributed by atoms with van der Waals surface area (Å²) in [6, 6.07) is 7.72. The van der Waals surface area contributed by atoms with Crippen molar-refractivity contribution in [2.24, 2.45) is 7.05 Å². The van der Waals surface area contributed by atoms with Gasteiger partial charge in [-0.25, -0.2) is 4.98 Å². The van der Waals surface area contributed by atoms with Gasteiger partial charge in [0.05, 0.1) is 6.04 Å². The van der Waals surface area contributed by atoms with Crippen LogP contribution in [0.4, 0.5) is 5.69 Å². The second-order valence-electron chi connectivity index (χ2n) is 5.08. The maximum atomic E-state index is 12.1. The van der Waals surface area contributed by atoms with E-state index in [0.717, 1.165) is 36.5 Å². The lowest BCUT2D eigenvalue weighted by Crippen LogP contribution is -2.35. The van der Waals surface area contributed by atoms with Crippen LogP contribution in [0.15, 0.2) is 36.7 Å². The van der Waals surface area contributed by atoms with E-state index in [1.54, 1.807) is 6.20 Å². The Balaban J connectivity index is 1.78. The zero-order chi connectivity index (χ0) is 13.9. The van der Waals surface area contributed by atoms with E-state index in [0.29, 0.717) is 0 Å². The van der Waals surface area contributed by atoms with Crippen LogP contribution in [0.3, 0.4) is 0 Å². The van der Waals surface area contributed by atoms with Gasteiger partial charge in [0.15, 0.2) is 0 Å². The van der Waals surface area contributed by atoms with Gasteiger partial charge < -0.3 is 15.2 Å². The Bertz CT molecular complexity index is 614. The SMILES string of the molecule is Cn1ccnc1-c1cccc(NC(=O)C2CCCN2)c1. The molecule has 0 aliphatic carbocycles.